The quantitative estimate of drug-likeness (QED) is 0.799. The van der Waals surface area contributed by atoms with Crippen molar-refractivity contribution in [2.24, 2.45) is 0 Å². The second kappa shape index (κ2) is 6.19. The molecule has 2 rings (SSSR count). The van der Waals surface area contributed by atoms with Gasteiger partial charge in [-0.1, -0.05) is 12.8 Å². The van der Waals surface area contributed by atoms with E-state index in [1.807, 2.05) is 0 Å². The van der Waals surface area contributed by atoms with Crippen LogP contribution in [0.15, 0.2) is 0 Å². The molecule has 1 heterocycles. The lowest BCUT2D eigenvalue weighted by Crippen LogP contribution is -2.28. The molecule has 8 heteroatoms. The number of sulfonamides is 1. The standard InChI is InChI=1S/C12H22N4O3S/c1-9(15-20(2,18)19)12-13-11(10-5-3-4-6-10)14-16(12)7-8-17/h9-10,15,17H,3-8H2,1-2H3/t9-/m0/s1. The summed E-state index contributed by atoms with van der Waals surface area (Å²) >= 11 is 0. The van der Waals surface area contributed by atoms with Gasteiger partial charge in [-0.3, -0.25) is 0 Å². The smallest absolute Gasteiger partial charge is 0.209 e. The first kappa shape index (κ1) is 15.4. The number of hydrogen-bond acceptors (Lipinski definition) is 5. The van der Waals surface area contributed by atoms with Gasteiger partial charge in [-0.25, -0.2) is 22.8 Å². The Labute approximate surface area is 119 Å². The van der Waals surface area contributed by atoms with Crippen molar-refractivity contribution in [1.29, 1.82) is 0 Å². The molecule has 0 unspecified atom stereocenters. The van der Waals surface area contributed by atoms with E-state index in [4.69, 9.17) is 5.11 Å². The summed E-state index contributed by atoms with van der Waals surface area (Å²) in [6.07, 6.45) is 5.65. The Morgan fingerprint density at radius 3 is 2.65 bits per heavy atom. The molecule has 0 spiro atoms. The number of aliphatic hydroxyl groups is 1. The van der Waals surface area contributed by atoms with Crippen molar-refractivity contribution in [3.63, 3.8) is 0 Å². The van der Waals surface area contributed by atoms with Crippen molar-refractivity contribution in [3.8, 4) is 0 Å². The van der Waals surface area contributed by atoms with E-state index in [1.165, 1.54) is 12.8 Å². The Balaban J connectivity index is 2.25. The van der Waals surface area contributed by atoms with Crippen LogP contribution in [-0.2, 0) is 16.6 Å². The van der Waals surface area contributed by atoms with Gasteiger partial charge in [0.15, 0.2) is 5.82 Å². The zero-order valence-corrected chi connectivity index (χ0v) is 12.7. The van der Waals surface area contributed by atoms with Gasteiger partial charge in [-0.2, -0.15) is 5.10 Å². The average molecular weight is 302 g/mol. The fraction of sp³-hybridized carbons (Fsp3) is 0.833. The molecule has 20 heavy (non-hydrogen) atoms. The van der Waals surface area contributed by atoms with Crippen LogP contribution >= 0.6 is 0 Å². The molecule has 0 amide bonds. The molecule has 1 atom stereocenters. The maximum Gasteiger partial charge on any atom is 0.209 e. The van der Waals surface area contributed by atoms with Crippen LogP contribution in [0.5, 0.6) is 0 Å². The lowest BCUT2D eigenvalue weighted by Gasteiger charge is -2.12. The second-order valence-corrected chi connectivity index (χ2v) is 7.15. The summed E-state index contributed by atoms with van der Waals surface area (Å²) in [5.41, 5.74) is 0. The van der Waals surface area contributed by atoms with Gasteiger partial charge >= 0.3 is 0 Å². The van der Waals surface area contributed by atoms with E-state index < -0.39 is 16.1 Å². The van der Waals surface area contributed by atoms with Gasteiger partial charge < -0.3 is 5.11 Å². The topological polar surface area (TPSA) is 97.1 Å². The van der Waals surface area contributed by atoms with E-state index in [1.54, 1.807) is 11.6 Å². The molecular formula is C12H22N4O3S. The lowest BCUT2D eigenvalue weighted by molar-refractivity contribution is 0.265. The van der Waals surface area contributed by atoms with Crippen LogP contribution in [0.1, 0.15) is 56.2 Å². The van der Waals surface area contributed by atoms with Gasteiger partial charge in [-0.15, -0.1) is 0 Å². The van der Waals surface area contributed by atoms with Crippen molar-refractivity contribution in [1.82, 2.24) is 19.5 Å². The first-order chi connectivity index (χ1) is 9.40. The third-order valence-corrected chi connectivity index (χ3v) is 4.31. The van der Waals surface area contributed by atoms with Crippen molar-refractivity contribution >= 4 is 10.0 Å². The Bertz CT molecular complexity index is 549. The van der Waals surface area contributed by atoms with Crippen molar-refractivity contribution in [3.05, 3.63) is 11.6 Å². The Morgan fingerprint density at radius 2 is 2.10 bits per heavy atom. The molecule has 114 valence electrons. The van der Waals surface area contributed by atoms with Gasteiger partial charge in [0.2, 0.25) is 10.0 Å². The maximum absolute atomic E-state index is 11.3. The zero-order chi connectivity index (χ0) is 14.8. The van der Waals surface area contributed by atoms with Gasteiger partial charge in [0.05, 0.1) is 25.4 Å². The fourth-order valence-electron chi connectivity index (χ4n) is 2.68. The number of aliphatic hydroxyl groups excluding tert-OH is 1. The summed E-state index contributed by atoms with van der Waals surface area (Å²) in [7, 11) is -3.31. The van der Waals surface area contributed by atoms with E-state index in [0.717, 1.165) is 24.9 Å². The molecule has 1 fully saturated rings. The minimum atomic E-state index is -3.31. The molecule has 0 bridgehead atoms. The zero-order valence-electron chi connectivity index (χ0n) is 11.9. The minimum Gasteiger partial charge on any atom is -0.394 e. The predicted octanol–water partition coefficient (Wildman–Crippen LogP) is 0.538. The van der Waals surface area contributed by atoms with Gasteiger partial charge in [0, 0.05) is 5.92 Å². The summed E-state index contributed by atoms with van der Waals surface area (Å²) < 4.78 is 26.8. The average Bonchev–Trinajstić information content (AvgIpc) is 2.94. The van der Waals surface area contributed by atoms with E-state index in [9.17, 15) is 8.42 Å². The molecule has 2 N–H and O–H groups in total. The summed E-state index contributed by atoms with van der Waals surface area (Å²) in [5, 5.41) is 13.5. The number of nitrogens with zero attached hydrogens (tertiary/aromatic N) is 3. The molecular weight excluding hydrogens is 280 g/mol. The van der Waals surface area contributed by atoms with Crippen LogP contribution in [0, 0.1) is 0 Å². The number of nitrogens with one attached hydrogen (secondary N) is 1. The summed E-state index contributed by atoms with van der Waals surface area (Å²) in [6.45, 7) is 2.01. The van der Waals surface area contributed by atoms with E-state index in [-0.39, 0.29) is 6.61 Å². The summed E-state index contributed by atoms with van der Waals surface area (Å²) in [5.74, 6) is 1.69. The van der Waals surface area contributed by atoms with Crippen LogP contribution in [0.3, 0.4) is 0 Å². The number of hydrogen-bond donors (Lipinski definition) is 2. The van der Waals surface area contributed by atoms with Gasteiger partial charge in [0.25, 0.3) is 0 Å². The molecule has 0 aliphatic heterocycles. The first-order valence-corrected chi connectivity index (χ1v) is 8.82. The largest absolute Gasteiger partial charge is 0.394 e. The number of rotatable bonds is 6. The molecule has 1 aromatic rings. The molecule has 1 aliphatic rings. The highest BCUT2D eigenvalue weighted by Gasteiger charge is 2.25. The highest BCUT2D eigenvalue weighted by molar-refractivity contribution is 7.88. The van der Waals surface area contributed by atoms with Crippen molar-refractivity contribution < 1.29 is 13.5 Å². The Kier molecular flexibility index (Phi) is 4.77. The summed E-state index contributed by atoms with van der Waals surface area (Å²) in [4.78, 5) is 4.51. The van der Waals surface area contributed by atoms with Gasteiger partial charge in [-0.05, 0) is 19.8 Å². The molecule has 1 aliphatic carbocycles. The van der Waals surface area contributed by atoms with E-state index in [2.05, 4.69) is 14.8 Å². The predicted molar refractivity (Wildman–Crippen MR) is 74.7 cm³/mol. The van der Waals surface area contributed by atoms with Crippen molar-refractivity contribution in [2.75, 3.05) is 12.9 Å². The lowest BCUT2D eigenvalue weighted by atomic mass is 10.1. The monoisotopic (exact) mass is 302 g/mol. The second-order valence-electron chi connectivity index (χ2n) is 5.37. The van der Waals surface area contributed by atoms with E-state index >= 15 is 0 Å². The van der Waals surface area contributed by atoms with Crippen LogP contribution < -0.4 is 4.72 Å². The molecule has 1 aromatic heterocycles. The normalized spacial score (nSPS) is 18.6. The molecule has 7 nitrogen and oxygen atoms in total. The SMILES string of the molecule is C[C@H](NS(C)(=O)=O)c1nc(C2CCCC2)nn1CCO. The highest BCUT2D eigenvalue weighted by atomic mass is 32.2. The van der Waals surface area contributed by atoms with Crippen molar-refractivity contribution in [2.45, 2.75) is 51.1 Å². The third kappa shape index (κ3) is 3.77. The third-order valence-electron chi connectivity index (χ3n) is 3.53. The van der Waals surface area contributed by atoms with Crippen LogP contribution in [0.2, 0.25) is 0 Å². The minimum absolute atomic E-state index is 0.0495. The maximum atomic E-state index is 11.3. The molecule has 0 radical (unpaired) electrons. The van der Waals surface area contributed by atoms with Crippen LogP contribution in [-0.4, -0.2) is 41.2 Å². The Morgan fingerprint density at radius 1 is 1.45 bits per heavy atom. The van der Waals surface area contributed by atoms with Crippen LogP contribution in [0.25, 0.3) is 0 Å². The van der Waals surface area contributed by atoms with Crippen LogP contribution in [0.4, 0.5) is 0 Å². The molecule has 1 saturated carbocycles. The first-order valence-electron chi connectivity index (χ1n) is 6.93. The Hall–Kier alpha value is -0.990. The van der Waals surface area contributed by atoms with E-state index in [0.29, 0.717) is 18.3 Å². The molecule has 0 aromatic carbocycles. The molecule has 0 saturated heterocycles. The fourth-order valence-corrected chi connectivity index (χ4v) is 3.43. The highest BCUT2D eigenvalue weighted by Crippen LogP contribution is 2.32. The number of aromatic nitrogens is 3. The summed E-state index contributed by atoms with van der Waals surface area (Å²) in [6, 6.07) is -0.459. The van der Waals surface area contributed by atoms with Gasteiger partial charge in [0.1, 0.15) is 5.82 Å².